The van der Waals surface area contributed by atoms with E-state index in [9.17, 15) is 4.79 Å². The van der Waals surface area contributed by atoms with E-state index >= 15 is 0 Å². The Bertz CT molecular complexity index is 647. The lowest BCUT2D eigenvalue weighted by Gasteiger charge is -2.34. The highest BCUT2D eigenvalue weighted by atomic mass is 35.5. The average Bonchev–Trinajstić information content (AvgIpc) is 2.92. The van der Waals surface area contributed by atoms with E-state index in [1.807, 2.05) is 0 Å². The molecular weight excluding hydrogens is 290 g/mol. The van der Waals surface area contributed by atoms with Crippen molar-refractivity contribution >= 4 is 17.4 Å². The van der Waals surface area contributed by atoms with Crippen LogP contribution in [0.5, 0.6) is 0 Å². The fourth-order valence-corrected chi connectivity index (χ4v) is 2.47. The van der Waals surface area contributed by atoms with Crippen LogP contribution in [0.25, 0.3) is 0 Å². The topological polar surface area (TPSA) is 82.0 Å². The maximum atomic E-state index is 12.0. The third-order valence-corrected chi connectivity index (χ3v) is 4.14. The normalized spacial score (nSPS) is 16.5. The molecule has 1 aliphatic rings. The van der Waals surface area contributed by atoms with E-state index < -0.39 is 5.54 Å². The molecule has 21 heavy (non-hydrogen) atoms. The van der Waals surface area contributed by atoms with Crippen molar-refractivity contribution in [3.63, 3.8) is 0 Å². The number of benzene rings is 1. The van der Waals surface area contributed by atoms with Gasteiger partial charge in [-0.25, -0.2) is 0 Å². The number of Topliss-reactive ketones (excluding diaryl/α,β-unsaturated/α-hetero) is 1. The van der Waals surface area contributed by atoms with Gasteiger partial charge in [-0.15, -0.1) is 0 Å². The van der Waals surface area contributed by atoms with E-state index in [2.05, 4.69) is 10.1 Å². The number of aryl methyl sites for hydroxylation is 1. The highest BCUT2D eigenvalue weighted by Crippen LogP contribution is 2.36. The molecule has 0 radical (unpaired) electrons. The van der Waals surface area contributed by atoms with E-state index in [-0.39, 0.29) is 5.78 Å². The fourth-order valence-electron chi connectivity index (χ4n) is 2.34. The molecule has 1 aromatic carbocycles. The van der Waals surface area contributed by atoms with Gasteiger partial charge in [-0.3, -0.25) is 4.79 Å². The summed E-state index contributed by atoms with van der Waals surface area (Å²) >= 11 is 5.80. The zero-order valence-electron chi connectivity index (χ0n) is 11.5. The number of hydrogen-bond donors (Lipinski definition) is 1. The molecule has 5 nitrogen and oxygen atoms in total. The van der Waals surface area contributed by atoms with Gasteiger partial charge in [0.05, 0.1) is 5.54 Å². The number of nitrogens with zero attached hydrogens (tertiary/aromatic N) is 2. The number of carbonyl (C=O) groups excluding carboxylic acids is 1. The van der Waals surface area contributed by atoms with Crippen molar-refractivity contribution in [1.29, 1.82) is 0 Å². The zero-order valence-corrected chi connectivity index (χ0v) is 12.3. The Labute approximate surface area is 127 Å². The SMILES string of the molecule is NC1(c2noc(CCC(=O)c3ccc(Cl)cc3)n2)CCC1. The van der Waals surface area contributed by atoms with Gasteiger partial charge in [0.25, 0.3) is 0 Å². The van der Waals surface area contributed by atoms with E-state index in [4.69, 9.17) is 21.9 Å². The molecule has 6 heteroatoms. The largest absolute Gasteiger partial charge is 0.339 e. The minimum absolute atomic E-state index is 0.0255. The zero-order chi connectivity index (χ0) is 14.9. The molecule has 1 aromatic heterocycles. The van der Waals surface area contributed by atoms with Crippen LogP contribution in [0.1, 0.15) is 47.8 Å². The Balaban J connectivity index is 1.60. The smallest absolute Gasteiger partial charge is 0.227 e. The molecular formula is C15H16ClN3O2. The summed E-state index contributed by atoms with van der Waals surface area (Å²) in [6.45, 7) is 0. The van der Waals surface area contributed by atoms with Crippen molar-refractivity contribution in [2.45, 2.75) is 37.6 Å². The van der Waals surface area contributed by atoms with Crippen LogP contribution in [0, 0.1) is 0 Å². The number of ketones is 1. The lowest BCUT2D eigenvalue weighted by atomic mass is 9.77. The van der Waals surface area contributed by atoms with Crippen LogP contribution in [-0.4, -0.2) is 15.9 Å². The van der Waals surface area contributed by atoms with Gasteiger partial charge in [-0.2, -0.15) is 4.98 Å². The second-order valence-electron chi connectivity index (χ2n) is 5.45. The predicted molar refractivity (Wildman–Crippen MR) is 78.1 cm³/mol. The van der Waals surface area contributed by atoms with Gasteiger partial charge in [-0.1, -0.05) is 16.8 Å². The van der Waals surface area contributed by atoms with Gasteiger partial charge in [0.1, 0.15) is 0 Å². The molecule has 0 aliphatic heterocycles. The molecule has 2 N–H and O–H groups in total. The molecule has 0 saturated heterocycles. The molecule has 0 spiro atoms. The molecule has 1 heterocycles. The second-order valence-corrected chi connectivity index (χ2v) is 5.89. The van der Waals surface area contributed by atoms with Crippen molar-refractivity contribution in [2.24, 2.45) is 5.73 Å². The summed E-state index contributed by atoms with van der Waals surface area (Å²) < 4.78 is 5.18. The van der Waals surface area contributed by atoms with Crippen molar-refractivity contribution in [2.75, 3.05) is 0 Å². The minimum Gasteiger partial charge on any atom is -0.339 e. The summed E-state index contributed by atoms with van der Waals surface area (Å²) in [5.41, 5.74) is 6.34. The number of aromatic nitrogens is 2. The van der Waals surface area contributed by atoms with Crippen molar-refractivity contribution in [3.8, 4) is 0 Å². The van der Waals surface area contributed by atoms with Crippen molar-refractivity contribution in [1.82, 2.24) is 10.1 Å². The maximum Gasteiger partial charge on any atom is 0.227 e. The predicted octanol–water partition coefficient (Wildman–Crippen LogP) is 2.88. The van der Waals surface area contributed by atoms with Crippen LogP contribution in [0.3, 0.4) is 0 Å². The van der Waals surface area contributed by atoms with Gasteiger partial charge in [0.2, 0.25) is 5.89 Å². The summed E-state index contributed by atoms with van der Waals surface area (Å²) in [6.07, 6.45) is 3.60. The molecule has 1 aliphatic carbocycles. The molecule has 2 aromatic rings. The summed E-state index contributed by atoms with van der Waals surface area (Å²) in [6, 6.07) is 6.84. The van der Waals surface area contributed by atoms with Gasteiger partial charge in [0.15, 0.2) is 11.6 Å². The number of nitrogens with two attached hydrogens (primary N) is 1. The average molecular weight is 306 g/mol. The third kappa shape index (κ3) is 2.99. The van der Waals surface area contributed by atoms with Crippen molar-refractivity contribution < 1.29 is 9.32 Å². The van der Waals surface area contributed by atoms with Crippen LogP contribution in [0.4, 0.5) is 0 Å². The Hall–Kier alpha value is -1.72. The molecule has 0 unspecified atom stereocenters. The van der Waals surface area contributed by atoms with Crippen LogP contribution in [0.2, 0.25) is 5.02 Å². The lowest BCUT2D eigenvalue weighted by Crippen LogP contribution is -2.44. The molecule has 1 saturated carbocycles. The van der Waals surface area contributed by atoms with E-state index in [1.165, 1.54) is 0 Å². The van der Waals surface area contributed by atoms with E-state index in [0.29, 0.717) is 35.1 Å². The first-order chi connectivity index (χ1) is 10.1. The Morgan fingerprint density at radius 1 is 1.33 bits per heavy atom. The first-order valence-corrected chi connectivity index (χ1v) is 7.35. The molecule has 0 bridgehead atoms. The number of halogens is 1. The first-order valence-electron chi connectivity index (χ1n) is 6.97. The van der Waals surface area contributed by atoms with Gasteiger partial charge < -0.3 is 10.3 Å². The van der Waals surface area contributed by atoms with E-state index in [1.54, 1.807) is 24.3 Å². The maximum absolute atomic E-state index is 12.0. The fraction of sp³-hybridized carbons (Fsp3) is 0.400. The number of carbonyl (C=O) groups is 1. The Kier molecular flexibility index (Phi) is 3.78. The molecule has 1 fully saturated rings. The Morgan fingerprint density at radius 3 is 2.67 bits per heavy atom. The van der Waals surface area contributed by atoms with Crippen molar-refractivity contribution in [3.05, 3.63) is 46.6 Å². The lowest BCUT2D eigenvalue weighted by molar-refractivity contribution is 0.0979. The first kappa shape index (κ1) is 14.2. The van der Waals surface area contributed by atoms with Crippen LogP contribution in [0.15, 0.2) is 28.8 Å². The minimum atomic E-state index is -0.429. The van der Waals surface area contributed by atoms with Crippen LogP contribution in [-0.2, 0) is 12.0 Å². The highest BCUT2D eigenvalue weighted by molar-refractivity contribution is 6.30. The molecule has 0 atom stereocenters. The van der Waals surface area contributed by atoms with E-state index in [0.717, 1.165) is 19.3 Å². The molecule has 0 amide bonds. The molecule has 110 valence electrons. The Morgan fingerprint density at radius 2 is 2.05 bits per heavy atom. The van der Waals surface area contributed by atoms with Gasteiger partial charge in [0, 0.05) is 23.4 Å². The summed E-state index contributed by atoms with van der Waals surface area (Å²) in [5, 5.41) is 4.55. The summed E-state index contributed by atoms with van der Waals surface area (Å²) in [4.78, 5) is 16.4. The monoisotopic (exact) mass is 305 g/mol. The van der Waals surface area contributed by atoms with Gasteiger partial charge >= 0.3 is 0 Å². The number of hydrogen-bond acceptors (Lipinski definition) is 5. The van der Waals surface area contributed by atoms with Gasteiger partial charge in [-0.05, 0) is 43.5 Å². The number of rotatable bonds is 5. The van der Waals surface area contributed by atoms with Crippen LogP contribution < -0.4 is 5.73 Å². The molecule has 3 rings (SSSR count). The highest BCUT2D eigenvalue weighted by Gasteiger charge is 2.38. The quantitative estimate of drug-likeness (QED) is 0.859. The summed E-state index contributed by atoms with van der Waals surface area (Å²) in [5.74, 6) is 1.05. The summed E-state index contributed by atoms with van der Waals surface area (Å²) in [7, 11) is 0. The second kappa shape index (κ2) is 5.58. The third-order valence-electron chi connectivity index (χ3n) is 3.89. The standard InChI is InChI=1S/C15H16ClN3O2/c16-11-4-2-10(3-5-11)12(20)6-7-13-18-14(19-21-13)15(17)8-1-9-15/h2-5H,1,6-9,17H2. The van der Waals surface area contributed by atoms with Crippen LogP contribution >= 0.6 is 11.6 Å².